The second-order valence-corrected chi connectivity index (χ2v) is 8.56. The standard InChI is InChI=1S/C24H27N5O2/c1-17-7-8-20(29(30)31)15-22(17)28-24-21(9-12-25-24)23(26-28)19-10-13-27(14-11-19)16-18-5-3-2-4-6-18/h2-8,15,19,25H,9-14,16H2,1H3. The molecular weight excluding hydrogens is 390 g/mol. The van der Waals surface area contributed by atoms with Crippen molar-refractivity contribution in [3.8, 4) is 5.69 Å². The summed E-state index contributed by atoms with van der Waals surface area (Å²) in [7, 11) is 0. The number of benzene rings is 2. The summed E-state index contributed by atoms with van der Waals surface area (Å²) in [5, 5.41) is 19.8. The van der Waals surface area contributed by atoms with E-state index in [-0.39, 0.29) is 10.6 Å². The molecule has 7 heteroatoms. The van der Waals surface area contributed by atoms with Crippen LogP contribution in [0.4, 0.5) is 11.5 Å². The number of hydrogen-bond acceptors (Lipinski definition) is 5. The van der Waals surface area contributed by atoms with Crippen molar-refractivity contribution >= 4 is 11.5 Å². The van der Waals surface area contributed by atoms with Crippen molar-refractivity contribution in [2.45, 2.75) is 38.6 Å². The van der Waals surface area contributed by atoms with Crippen LogP contribution in [-0.4, -0.2) is 39.2 Å². The zero-order valence-corrected chi connectivity index (χ0v) is 17.8. The molecule has 2 aliphatic heterocycles. The molecule has 0 aliphatic carbocycles. The molecule has 2 aliphatic rings. The van der Waals surface area contributed by atoms with E-state index in [0.29, 0.717) is 5.92 Å². The highest BCUT2D eigenvalue weighted by Gasteiger charge is 2.31. The van der Waals surface area contributed by atoms with Crippen LogP contribution in [0.2, 0.25) is 0 Å². The Morgan fingerprint density at radius 3 is 2.68 bits per heavy atom. The number of piperidine rings is 1. The van der Waals surface area contributed by atoms with E-state index in [0.717, 1.165) is 62.5 Å². The number of aryl methyl sites for hydroxylation is 1. The number of nitro benzene ring substituents is 1. The van der Waals surface area contributed by atoms with E-state index in [1.807, 2.05) is 11.6 Å². The van der Waals surface area contributed by atoms with Crippen LogP contribution in [0.3, 0.4) is 0 Å². The molecule has 31 heavy (non-hydrogen) atoms. The minimum atomic E-state index is -0.344. The number of rotatable bonds is 5. The number of nitrogens with zero attached hydrogens (tertiary/aromatic N) is 4. The third kappa shape index (κ3) is 3.81. The SMILES string of the molecule is Cc1ccc([N+](=O)[O-])cc1-n1nc(C2CCN(Cc3ccccc3)CC2)c2c1NCC2. The zero-order valence-electron chi connectivity index (χ0n) is 17.8. The van der Waals surface area contributed by atoms with E-state index in [2.05, 4.69) is 40.5 Å². The minimum Gasteiger partial charge on any atom is -0.369 e. The molecule has 1 aromatic heterocycles. The first-order valence-corrected chi connectivity index (χ1v) is 11.0. The fraction of sp³-hybridized carbons (Fsp3) is 0.375. The Balaban J connectivity index is 1.39. The number of aromatic nitrogens is 2. The summed E-state index contributed by atoms with van der Waals surface area (Å²) >= 11 is 0. The molecule has 0 spiro atoms. The predicted octanol–water partition coefficient (Wildman–Crippen LogP) is 4.44. The second kappa shape index (κ2) is 8.15. The fourth-order valence-corrected chi connectivity index (χ4v) is 4.85. The van der Waals surface area contributed by atoms with Crippen LogP contribution in [-0.2, 0) is 13.0 Å². The monoisotopic (exact) mass is 417 g/mol. The average Bonchev–Trinajstić information content (AvgIpc) is 3.38. The Morgan fingerprint density at radius 1 is 1.16 bits per heavy atom. The summed E-state index contributed by atoms with van der Waals surface area (Å²) in [6.07, 6.45) is 3.14. The van der Waals surface area contributed by atoms with Gasteiger partial charge in [0.1, 0.15) is 5.82 Å². The van der Waals surface area contributed by atoms with Crippen molar-refractivity contribution in [2.75, 3.05) is 25.0 Å². The summed E-state index contributed by atoms with van der Waals surface area (Å²) < 4.78 is 1.90. The van der Waals surface area contributed by atoms with E-state index >= 15 is 0 Å². The molecular formula is C24H27N5O2. The maximum absolute atomic E-state index is 11.3. The van der Waals surface area contributed by atoms with Gasteiger partial charge in [-0.25, -0.2) is 4.68 Å². The summed E-state index contributed by atoms with van der Waals surface area (Å²) in [6.45, 7) is 5.98. The number of nitrogens with one attached hydrogen (secondary N) is 1. The maximum Gasteiger partial charge on any atom is 0.271 e. The summed E-state index contributed by atoms with van der Waals surface area (Å²) in [5.41, 5.74) is 5.68. The second-order valence-electron chi connectivity index (χ2n) is 8.56. The molecule has 160 valence electrons. The fourth-order valence-electron chi connectivity index (χ4n) is 4.85. The summed E-state index contributed by atoms with van der Waals surface area (Å²) in [4.78, 5) is 13.5. The van der Waals surface area contributed by atoms with Crippen LogP contribution in [0.5, 0.6) is 0 Å². The van der Waals surface area contributed by atoms with Crippen LogP contribution in [0.15, 0.2) is 48.5 Å². The first-order valence-electron chi connectivity index (χ1n) is 11.0. The first-order chi connectivity index (χ1) is 15.1. The molecule has 2 aromatic carbocycles. The smallest absolute Gasteiger partial charge is 0.271 e. The van der Waals surface area contributed by atoms with Gasteiger partial charge in [-0.2, -0.15) is 5.10 Å². The van der Waals surface area contributed by atoms with Crippen molar-refractivity contribution in [2.24, 2.45) is 0 Å². The van der Waals surface area contributed by atoms with E-state index in [1.165, 1.54) is 16.8 Å². The first kappa shape index (κ1) is 19.8. The Hall–Kier alpha value is -3.19. The van der Waals surface area contributed by atoms with Gasteiger partial charge in [0.05, 0.1) is 16.3 Å². The van der Waals surface area contributed by atoms with Crippen LogP contribution in [0, 0.1) is 17.0 Å². The summed E-state index contributed by atoms with van der Waals surface area (Å²) in [6, 6.07) is 15.6. The molecule has 0 radical (unpaired) electrons. The highest BCUT2D eigenvalue weighted by atomic mass is 16.6. The summed E-state index contributed by atoms with van der Waals surface area (Å²) in [5.74, 6) is 1.44. The van der Waals surface area contributed by atoms with E-state index in [4.69, 9.17) is 5.10 Å². The Kier molecular flexibility index (Phi) is 5.19. The van der Waals surface area contributed by atoms with Crippen LogP contribution >= 0.6 is 0 Å². The molecule has 3 aromatic rings. The van der Waals surface area contributed by atoms with Gasteiger partial charge in [-0.15, -0.1) is 0 Å². The largest absolute Gasteiger partial charge is 0.369 e. The highest BCUT2D eigenvalue weighted by Crippen LogP contribution is 2.38. The van der Waals surface area contributed by atoms with Crippen molar-refractivity contribution in [1.29, 1.82) is 0 Å². The molecule has 3 heterocycles. The highest BCUT2D eigenvalue weighted by molar-refractivity contribution is 5.60. The lowest BCUT2D eigenvalue weighted by Crippen LogP contribution is -2.32. The average molecular weight is 418 g/mol. The Labute approximate surface area is 181 Å². The number of hydrogen-bond donors (Lipinski definition) is 1. The van der Waals surface area contributed by atoms with Gasteiger partial charge in [0, 0.05) is 36.7 Å². The number of non-ortho nitro benzene ring substituents is 1. The van der Waals surface area contributed by atoms with Gasteiger partial charge in [-0.1, -0.05) is 36.4 Å². The quantitative estimate of drug-likeness (QED) is 0.491. The van der Waals surface area contributed by atoms with Gasteiger partial charge >= 0.3 is 0 Å². The molecule has 1 N–H and O–H groups in total. The van der Waals surface area contributed by atoms with Crippen molar-refractivity contribution in [3.05, 3.63) is 81.0 Å². The molecule has 1 fully saturated rings. The molecule has 0 bridgehead atoms. The molecule has 0 saturated carbocycles. The molecule has 0 atom stereocenters. The lowest BCUT2D eigenvalue weighted by Gasteiger charge is -2.31. The number of likely N-dealkylation sites (tertiary alicyclic amines) is 1. The normalized spacial score (nSPS) is 16.8. The molecule has 1 saturated heterocycles. The van der Waals surface area contributed by atoms with Gasteiger partial charge in [0.25, 0.3) is 5.69 Å². The lowest BCUT2D eigenvalue weighted by atomic mass is 9.90. The van der Waals surface area contributed by atoms with Crippen LogP contribution in [0.25, 0.3) is 5.69 Å². The lowest BCUT2D eigenvalue weighted by molar-refractivity contribution is -0.384. The number of anilines is 1. The van der Waals surface area contributed by atoms with Crippen LogP contribution in [0.1, 0.15) is 41.1 Å². The van der Waals surface area contributed by atoms with Crippen LogP contribution < -0.4 is 5.32 Å². The Bertz CT molecular complexity index is 1100. The van der Waals surface area contributed by atoms with Gasteiger partial charge in [-0.3, -0.25) is 15.0 Å². The van der Waals surface area contributed by atoms with E-state index in [1.54, 1.807) is 18.2 Å². The van der Waals surface area contributed by atoms with E-state index in [9.17, 15) is 10.1 Å². The van der Waals surface area contributed by atoms with Gasteiger partial charge in [0.2, 0.25) is 0 Å². The van der Waals surface area contributed by atoms with E-state index < -0.39 is 0 Å². The number of fused-ring (bicyclic) bond motifs is 1. The molecule has 7 nitrogen and oxygen atoms in total. The maximum atomic E-state index is 11.3. The third-order valence-corrected chi connectivity index (χ3v) is 6.54. The van der Waals surface area contributed by atoms with Crippen molar-refractivity contribution in [1.82, 2.24) is 14.7 Å². The number of nitro groups is 1. The topological polar surface area (TPSA) is 76.2 Å². The Morgan fingerprint density at radius 2 is 1.94 bits per heavy atom. The molecule has 0 unspecified atom stereocenters. The van der Waals surface area contributed by atoms with Crippen molar-refractivity contribution < 1.29 is 4.92 Å². The van der Waals surface area contributed by atoms with Gasteiger partial charge < -0.3 is 5.32 Å². The zero-order chi connectivity index (χ0) is 21.4. The predicted molar refractivity (Wildman–Crippen MR) is 121 cm³/mol. The third-order valence-electron chi connectivity index (χ3n) is 6.54. The molecule has 5 rings (SSSR count). The van der Waals surface area contributed by atoms with Gasteiger partial charge in [0.15, 0.2) is 0 Å². The van der Waals surface area contributed by atoms with Gasteiger partial charge in [-0.05, 0) is 50.4 Å². The minimum absolute atomic E-state index is 0.0959. The molecule has 0 amide bonds. The van der Waals surface area contributed by atoms with Crippen molar-refractivity contribution in [3.63, 3.8) is 0 Å².